The number of rotatable bonds is 3. The van der Waals surface area contributed by atoms with Crippen LogP contribution in [0.15, 0.2) is 48.5 Å². The van der Waals surface area contributed by atoms with Gasteiger partial charge < -0.3 is 10.5 Å². The SMILES string of the molecule is N#Cc1ccc(COC(=O)c2ccccc2N)cc1. The van der Waals surface area contributed by atoms with Crippen molar-refractivity contribution >= 4 is 11.7 Å². The largest absolute Gasteiger partial charge is 0.457 e. The first-order chi connectivity index (χ1) is 9.20. The number of hydrogen-bond acceptors (Lipinski definition) is 4. The van der Waals surface area contributed by atoms with Gasteiger partial charge in [-0.25, -0.2) is 4.79 Å². The first-order valence-corrected chi connectivity index (χ1v) is 5.71. The van der Waals surface area contributed by atoms with E-state index in [1.54, 1.807) is 48.5 Å². The maximum Gasteiger partial charge on any atom is 0.340 e. The highest BCUT2D eigenvalue weighted by Crippen LogP contribution is 2.13. The Morgan fingerprint density at radius 1 is 1.16 bits per heavy atom. The number of anilines is 1. The minimum absolute atomic E-state index is 0.152. The molecule has 0 amide bonds. The van der Waals surface area contributed by atoms with E-state index in [1.165, 1.54) is 0 Å². The molecule has 0 bridgehead atoms. The van der Waals surface area contributed by atoms with E-state index in [0.717, 1.165) is 5.56 Å². The van der Waals surface area contributed by atoms with Gasteiger partial charge in [0.15, 0.2) is 0 Å². The van der Waals surface area contributed by atoms with Crippen molar-refractivity contribution < 1.29 is 9.53 Å². The molecule has 0 aliphatic heterocycles. The first kappa shape index (κ1) is 12.7. The molecule has 2 N–H and O–H groups in total. The molecule has 2 aromatic rings. The van der Waals surface area contributed by atoms with Crippen LogP contribution in [-0.2, 0) is 11.3 Å². The number of para-hydroxylation sites is 1. The number of hydrogen-bond donors (Lipinski definition) is 1. The van der Waals surface area contributed by atoms with E-state index in [-0.39, 0.29) is 6.61 Å². The average molecular weight is 252 g/mol. The zero-order valence-electron chi connectivity index (χ0n) is 10.2. The van der Waals surface area contributed by atoms with Gasteiger partial charge in [0.1, 0.15) is 6.61 Å². The van der Waals surface area contributed by atoms with Crippen LogP contribution in [-0.4, -0.2) is 5.97 Å². The number of carbonyl (C=O) groups excluding carboxylic acids is 1. The van der Waals surface area contributed by atoms with Gasteiger partial charge in [0.25, 0.3) is 0 Å². The van der Waals surface area contributed by atoms with Crippen LogP contribution in [0.5, 0.6) is 0 Å². The van der Waals surface area contributed by atoms with Gasteiger partial charge in [-0.15, -0.1) is 0 Å². The number of nitrogen functional groups attached to an aromatic ring is 1. The van der Waals surface area contributed by atoms with Gasteiger partial charge >= 0.3 is 5.97 Å². The van der Waals surface area contributed by atoms with Crippen LogP contribution in [0, 0.1) is 11.3 Å². The fourth-order valence-corrected chi connectivity index (χ4v) is 1.59. The maximum absolute atomic E-state index is 11.8. The molecule has 19 heavy (non-hydrogen) atoms. The standard InChI is InChI=1S/C15H12N2O2/c16-9-11-5-7-12(8-6-11)10-19-15(18)13-3-1-2-4-14(13)17/h1-8H,10,17H2. The van der Waals surface area contributed by atoms with Gasteiger partial charge in [-0.1, -0.05) is 24.3 Å². The van der Waals surface area contributed by atoms with E-state index in [2.05, 4.69) is 0 Å². The Hall–Kier alpha value is -2.80. The van der Waals surface area contributed by atoms with Crippen molar-refractivity contribution in [3.63, 3.8) is 0 Å². The lowest BCUT2D eigenvalue weighted by atomic mass is 10.1. The maximum atomic E-state index is 11.8. The first-order valence-electron chi connectivity index (χ1n) is 5.71. The van der Waals surface area contributed by atoms with Gasteiger partial charge in [0.2, 0.25) is 0 Å². The molecule has 0 aliphatic carbocycles. The number of nitrogens with two attached hydrogens (primary N) is 1. The molecule has 0 saturated carbocycles. The molecule has 4 heteroatoms. The highest BCUT2D eigenvalue weighted by molar-refractivity contribution is 5.94. The normalized spacial score (nSPS) is 9.63. The molecule has 4 nitrogen and oxygen atoms in total. The number of ether oxygens (including phenoxy) is 1. The molecule has 0 fully saturated rings. The molecule has 0 spiro atoms. The summed E-state index contributed by atoms with van der Waals surface area (Å²) in [6.45, 7) is 0.152. The highest BCUT2D eigenvalue weighted by atomic mass is 16.5. The Kier molecular flexibility index (Phi) is 3.79. The third-order valence-corrected chi connectivity index (χ3v) is 2.63. The van der Waals surface area contributed by atoms with Crippen molar-refractivity contribution in [2.75, 3.05) is 5.73 Å². The van der Waals surface area contributed by atoms with E-state index in [9.17, 15) is 4.79 Å². The van der Waals surface area contributed by atoms with E-state index in [4.69, 9.17) is 15.7 Å². The molecule has 94 valence electrons. The lowest BCUT2D eigenvalue weighted by molar-refractivity contribution is 0.0474. The zero-order chi connectivity index (χ0) is 13.7. The van der Waals surface area contributed by atoms with Crippen LogP contribution in [0.1, 0.15) is 21.5 Å². The van der Waals surface area contributed by atoms with E-state index in [1.807, 2.05) is 6.07 Å². The van der Waals surface area contributed by atoms with Crippen LogP contribution in [0.3, 0.4) is 0 Å². The van der Waals surface area contributed by atoms with Crippen molar-refractivity contribution in [2.45, 2.75) is 6.61 Å². The fraction of sp³-hybridized carbons (Fsp3) is 0.0667. The Labute approximate surface area is 111 Å². The van der Waals surface area contributed by atoms with Gasteiger partial charge in [-0.05, 0) is 29.8 Å². The number of nitriles is 1. The summed E-state index contributed by atoms with van der Waals surface area (Å²) in [6.07, 6.45) is 0. The summed E-state index contributed by atoms with van der Waals surface area (Å²) >= 11 is 0. The molecule has 0 atom stereocenters. The topological polar surface area (TPSA) is 76.1 Å². The Balaban J connectivity index is 2.01. The Morgan fingerprint density at radius 3 is 2.47 bits per heavy atom. The predicted molar refractivity (Wildman–Crippen MR) is 71.1 cm³/mol. The second kappa shape index (κ2) is 5.69. The van der Waals surface area contributed by atoms with Gasteiger partial charge in [-0.3, -0.25) is 0 Å². The molecule has 0 heterocycles. The number of carbonyl (C=O) groups is 1. The van der Waals surface area contributed by atoms with Crippen LogP contribution in [0.25, 0.3) is 0 Å². The fourth-order valence-electron chi connectivity index (χ4n) is 1.59. The van der Waals surface area contributed by atoms with E-state index < -0.39 is 5.97 Å². The quantitative estimate of drug-likeness (QED) is 0.672. The molecule has 2 rings (SSSR count). The van der Waals surface area contributed by atoms with Crippen molar-refractivity contribution in [3.05, 3.63) is 65.2 Å². The highest BCUT2D eigenvalue weighted by Gasteiger charge is 2.10. The van der Waals surface area contributed by atoms with Crippen molar-refractivity contribution in [1.82, 2.24) is 0 Å². The lowest BCUT2D eigenvalue weighted by Crippen LogP contribution is -2.08. The van der Waals surface area contributed by atoms with Crippen LogP contribution < -0.4 is 5.73 Å². The average Bonchev–Trinajstić information content (AvgIpc) is 2.46. The summed E-state index contributed by atoms with van der Waals surface area (Å²) in [4.78, 5) is 11.8. The van der Waals surface area contributed by atoms with Crippen molar-refractivity contribution in [3.8, 4) is 6.07 Å². The summed E-state index contributed by atoms with van der Waals surface area (Å²) in [5.41, 5.74) is 7.84. The summed E-state index contributed by atoms with van der Waals surface area (Å²) in [7, 11) is 0. The monoisotopic (exact) mass is 252 g/mol. The van der Waals surface area contributed by atoms with Crippen LogP contribution in [0.2, 0.25) is 0 Å². The Morgan fingerprint density at radius 2 is 1.84 bits per heavy atom. The molecule has 2 aromatic carbocycles. The second-order valence-electron chi connectivity index (χ2n) is 3.97. The van der Waals surface area contributed by atoms with Crippen LogP contribution in [0.4, 0.5) is 5.69 Å². The van der Waals surface area contributed by atoms with Crippen LogP contribution >= 0.6 is 0 Å². The van der Waals surface area contributed by atoms with Gasteiger partial charge in [-0.2, -0.15) is 5.26 Å². The third-order valence-electron chi connectivity index (χ3n) is 2.63. The Bertz CT molecular complexity index is 627. The minimum atomic E-state index is -0.456. The number of benzene rings is 2. The summed E-state index contributed by atoms with van der Waals surface area (Å²) in [5.74, 6) is -0.456. The van der Waals surface area contributed by atoms with Gasteiger partial charge in [0.05, 0.1) is 17.2 Å². The summed E-state index contributed by atoms with van der Waals surface area (Å²) in [5, 5.41) is 8.68. The number of esters is 1. The number of nitrogens with zero attached hydrogens (tertiary/aromatic N) is 1. The molecule has 0 unspecified atom stereocenters. The molecular formula is C15H12N2O2. The zero-order valence-corrected chi connectivity index (χ0v) is 10.2. The minimum Gasteiger partial charge on any atom is -0.457 e. The lowest BCUT2D eigenvalue weighted by Gasteiger charge is -2.06. The molecule has 0 aromatic heterocycles. The second-order valence-corrected chi connectivity index (χ2v) is 3.97. The van der Waals surface area contributed by atoms with E-state index >= 15 is 0 Å². The smallest absolute Gasteiger partial charge is 0.340 e. The predicted octanol–water partition coefficient (Wildman–Crippen LogP) is 2.50. The molecule has 0 aliphatic rings. The summed E-state index contributed by atoms with van der Waals surface area (Å²) in [6, 6.07) is 15.6. The van der Waals surface area contributed by atoms with E-state index in [0.29, 0.717) is 16.8 Å². The van der Waals surface area contributed by atoms with Gasteiger partial charge in [0, 0.05) is 5.69 Å². The van der Waals surface area contributed by atoms with Crippen molar-refractivity contribution in [2.24, 2.45) is 0 Å². The van der Waals surface area contributed by atoms with Crippen molar-refractivity contribution in [1.29, 1.82) is 5.26 Å². The molecule has 0 radical (unpaired) electrons. The molecule has 0 saturated heterocycles. The summed E-state index contributed by atoms with van der Waals surface area (Å²) < 4.78 is 5.17. The molecular weight excluding hydrogens is 240 g/mol. The third kappa shape index (κ3) is 3.11.